The van der Waals surface area contributed by atoms with Crippen LogP contribution in [0.5, 0.6) is 11.5 Å². The highest BCUT2D eigenvalue weighted by Crippen LogP contribution is 2.23. The Labute approximate surface area is 122 Å². The van der Waals surface area contributed by atoms with Crippen molar-refractivity contribution in [1.29, 1.82) is 5.39 Å². The molecule has 2 rings (SSSR count). The largest absolute Gasteiger partial charge is 0.726 e. The lowest BCUT2D eigenvalue weighted by molar-refractivity contribution is 0.366. The average Bonchev–Trinajstić information content (AvgIpc) is 2.40. The quantitative estimate of drug-likeness (QED) is 0.517. The van der Waals surface area contributed by atoms with E-state index in [-0.39, 0.29) is 0 Å². The molecule has 0 heterocycles. The molecule has 0 aromatic heterocycles. The zero-order valence-corrected chi connectivity index (χ0v) is 11.8. The van der Waals surface area contributed by atoms with Crippen LogP contribution in [0.2, 0.25) is 0 Å². The van der Waals surface area contributed by atoms with Crippen LogP contribution >= 0.6 is 0 Å². The van der Waals surface area contributed by atoms with Crippen molar-refractivity contribution in [3.8, 4) is 11.5 Å². The molecule has 0 unspecified atom stereocenters. The number of rotatable bonds is 2. The number of hydrogen-bond donors (Lipinski definition) is 1. The summed E-state index contributed by atoms with van der Waals surface area (Å²) in [7, 11) is -4.92. The Morgan fingerprint density at radius 2 is 1.43 bits per heavy atom. The van der Waals surface area contributed by atoms with Crippen LogP contribution in [0.25, 0.3) is 4.98 Å². The lowest BCUT2D eigenvalue weighted by Gasteiger charge is -2.04. The van der Waals surface area contributed by atoms with Gasteiger partial charge in [-0.05, 0) is 31.2 Å². The summed E-state index contributed by atoms with van der Waals surface area (Å²) < 4.78 is 38.4. The van der Waals surface area contributed by atoms with Crippen LogP contribution < -0.4 is 4.74 Å². The number of aryl methyl sites for hydroxylation is 1. The third kappa shape index (κ3) is 7.64. The minimum Gasteiger partial charge on any atom is -0.726 e. The smallest absolute Gasteiger partial charge is 0.385 e. The van der Waals surface area contributed by atoms with E-state index in [1.807, 2.05) is 31.2 Å². The monoisotopic (exact) mass is 308 g/mol. The highest BCUT2D eigenvalue weighted by Gasteiger charge is 2.03. The van der Waals surface area contributed by atoms with E-state index in [9.17, 15) is 0 Å². The third-order valence-electron chi connectivity index (χ3n) is 2.21. The fourth-order valence-corrected chi connectivity index (χ4v) is 1.32. The molecule has 0 fully saturated rings. The first kappa shape index (κ1) is 16.6. The van der Waals surface area contributed by atoms with Crippen molar-refractivity contribution in [2.24, 2.45) is 0 Å². The molecular weight excluding hydrogens is 296 g/mol. The summed E-state index contributed by atoms with van der Waals surface area (Å²) in [6.07, 6.45) is 0. The third-order valence-corrected chi connectivity index (χ3v) is 2.21. The molecule has 0 aliphatic carbocycles. The lowest BCUT2D eigenvalue weighted by atomic mass is 10.2. The van der Waals surface area contributed by atoms with E-state index in [0.29, 0.717) is 5.69 Å². The fraction of sp³-hybridized carbons (Fsp3) is 0.0769. The predicted molar refractivity (Wildman–Crippen MR) is 74.8 cm³/mol. The Hall–Kier alpha value is -2.47. The van der Waals surface area contributed by atoms with E-state index in [2.05, 4.69) is 4.98 Å². The van der Waals surface area contributed by atoms with Gasteiger partial charge < -0.3 is 9.29 Å². The Bertz CT molecular complexity index is 711. The second-order valence-electron chi connectivity index (χ2n) is 3.94. The van der Waals surface area contributed by atoms with Crippen LogP contribution in [0.1, 0.15) is 5.56 Å². The first-order chi connectivity index (χ1) is 9.78. The van der Waals surface area contributed by atoms with Crippen molar-refractivity contribution in [3.05, 3.63) is 59.1 Å². The molecule has 2 aromatic rings. The van der Waals surface area contributed by atoms with Crippen LogP contribution in [0, 0.1) is 12.3 Å². The second-order valence-corrected chi connectivity index (χ2v) is 4.79. The summed E-state index contributed by atoms with van der Waals surface area (Å²) in [6, 6.07) is 14.7. The number of hydrogen-bond acceptors (Lipinski definition) is 5. The van der Waals surface area contributed by atoms with Gasteiger partial charge in [0.25, 0.3) is 0 Å². The Kier molecular flexibility index (Phi) is 5.80. The first-order valence-electron chi connectivity index (χ1n) is 5.66. The summed E-state index contributed by atoms with van der Waals surface area (Å²) in [5.74, 6) is 1.51. The van der Waals surface area contributed by atoms with Gasteiger partial charge in [0.2, 0.25) is 15.8 Å². The van der Waals surface area contributed by atoms with E-state index in [1.165, 1.54) is 5.56 Å². The molecule has 0 spiro atoms. The van der Waals surface area contributed by atoms with Crippen molar-refractivity contribution < 1.29 is 22.3 Å². The maximum absolute atomic E-state index is 8.63. The van der Waals surface area contributed by atoms with Gasteiger partial charge in [0.1, 0.15) is 11.5 Å². The van der Waals surface area contributed by atoms with Gasteiger partial charge in [-0.25, -0.2) is 8.42 Å². The van der Waals surface area contributed by atoms with Gasteiger partial charge >= 0.3 is 5.69 Å². The van der Waals surface area contributed by atoms with Crippen molar-refractivity contribution in [1.82, 2.24) is 0 Å². The molecular formula is C13H12N2O5S. The van der Waals surface area contributed by atoms with Crippen molar-refractivity contribution in [2.75, 3.05) is 0 Å². The molecule has 0 aliphatic heterocycles. The molecule has 8 heteroatoms. The number of nitrogens with zero attached hydrogens (tertiary/aromatic N) is 2. The number of benzene rings is 2. The summed E-state index contributed by atoms with van der Waals surface area (Å²) >= 11 is 0. The fourth-order valence-electron chi connectivity index (χ4n) is 1.32. The molecule has 7 nitrogen and oxygen atoms in total. The van der Waals surface area contributed by atoms with Gasteiger partial charge in [0.05, 0.1) is 0 Å². The zero-order chi connectivity index (χ0) is 15.9. The highest BCUT2D eigenvalue weighted by atomic mass is 32.3. The summed E-state index contributed by atoms with van der Waals surface area (Å²) in [6.45, 7) is 2.03. The predicted octanol–water partition coefficient (Wildman–Crippen LogP) is 3.28. The molecule has 1 N–H and O–H groups in total. The Morgan fingerprint density at radius 3 is 1.81 bits per heavy atom. The van der Waals surface area contributed by atoms with Gasteiger partial charge in [-0.2, -0.15) is 0 Å². The molecule has 0 amide bonds. The van der Waals surface area contributed by atoms with Crippen LogP contribution in [0.3, 0.4) is 0 Å². The number of diazo groups is 1. The van der Waals surface area contributed by atoms with E-state index in [1.54, 1.807) is 24.3 Å². The lowest BCUT2D eigenvalue weighted by Crippen LogP contribution is -1.90. The number of ether oxygens (including phenoxy) is 1. The van der Waals surface area contributed by atoms with Crippen molar-refractivity contribution in [3.63, 3.8) is 0 Å². The maximum atomic E-state index is 8.63. The normalized spacial score (nSPS) is 10.0. The zero-order valence-electron chi connectivity index (χ0n) is 11.0. The molecule has 0 bridgehead atoms. The molecule has 21 heavy (non-hydrogen) atoms. The minimum atomic E-state index is -4.92. The van der Waals surface area contributed by atoms with Gasteiger partial charge in [0, 0.05) is 12.1 Å². The molecule has 0 radical (unpaired) electrons. The maximum Gasteiger partial charge on any atom is 0.385 e. The summed E-state index contributed by atoms with van der Waals surface area (Å²) in [5.41, 5.74) is 1.71. The van der Waals surface area contributed by atoms with Crippen LogP contribution in [0.15, 0.2) is 48.5 Å². The standard InChI is InChI=1S/C13H11N2O.H2O4S/c1-10-2-6-12(7-3-10)16-13-8-4-11(15-14)5-9-13;1-5(2,3)4/h2-9H,1H3;(H2,1,2,3,4)/q+1;/p-1. The highest BCUT2D eigenvalue weighted by molar-refractivity contribution is 7.79. The Morgan fingerprint density at radius 1 is 1.05 bits per heavy atom. The molecule has 0 aliphatic rings. The topological polar surface area (TPSA) is 115 Å². The first-order valence-corrected chi connectivity index (χ1v) is 7.02. The molecule has 110 valence electrons. The van der Waals surface area contributed by atoms with Crippen LogP contribution in [-0.4, -0.2) is 17.5 Å². The Balaban J connectivity index is 0.000000383. The van der Waals surface area contributed by atoms with Gasteiger partial charge in [0.15, 0.2) is 4.98 Å². The van der Waals surface area contributed by atoms with Crippen molar-refractivity contribution in [2.45, 2.75) is 6.92 Å². The van der Waals surface area contributed by atoms with Gasteiger partial charge in [-0.15, -0.1) is 0 Å². The van der Waals surface area contributed by atoms with E-state index >= 15 is 0 Å². The van der Waals surface area contributed by atoms with Crippen LogP contribution in [-0.2, 0) is 10.4 Å². The molecule has 0 saturated carbocycles. The molecule has 2 aromatic carbocycles. The van der Waals surface area contributed by atoms with E-state index < -0.39 is 10.4 Å². The van der Waals surface area contributed by atoms with Crippen molar-refractivity contribution >= 4 is 16.1 Å². The average molecular weight is 308 g/mol. The van der Waals surface area contributed by atoms with Crippen LogP contribution in [0.4, 0.5) is 5.69 Å². The van der Waals surface area contributed by atoms with Gasteiger partial charge in [-0.3, -0.25) is 4.55 Å². The second kappa shape index (κ2) is 7.35. The summed E-state index contributed by atoms with van der Waals surface area (Å²) in [4.78, 5) is 3.07. The molecule has 0 atom stereocenters. The minimum absolute atomic E-state index is 0.510. The SMILES string of the molecule is Cc1ccc(Oc2ccc([N+]#N)cc2)cc1.O=S(=O)([O-])O. The van der Waals surface area contributed by atoms with E-state index in [0.717, 1.165) is 11.5 Å². The summed E-state index contributed by atoms with van der Waals surface area (Å²) in [5, 5.41) is 8.53. The molecule has 0 saturated heterocycles. The van der Waals surface area contributed by atoms with Gasteiger partial charge in [-0.1, -0.05) is 17.7 Å². The van der Waals surface area contributed by atoms with E-state index in [4.69, 9.17) is 27.7 Å².